The quantitative estimate of drug-likeness (QED) is 0.576. The summed E-state index contributed by atoms with van der Waals surface area (Å²) in [7, 11) is 1.79. The Morgan fingerprint density at radius 3 is 2.21 bits per heavy atom. The first-order valence-corrected chi connectivity index (χ1v) is 10.4. The lowest BCUT2D eigenvalue weighted by Gasteiger charge is -2.18. The molecule has 3 aromatic rings. The maximum Gasteiger partial charge on any atom is 0.231 e. The van der Waals surface area contributed by atoms with Gasteiger partial charge in [-0.05, 0) is 53.8 Å². The van der Waals surface area contributed by atoms with Crippen molar-refractivity contribution in [2.45, 2.75) is 19.3 Å². The summed E-state index contributed by atoms with van der Waals surface area (Å²) < 4.78 is 23.9. The topological polar surface area (TPSA) is 72.5 Å². The van der Waals surface area contributed by atoms with Gasteiger partial charge in [0.2, 0.25) is 5.91 Å². The zero-order valence-corrected chi connectivity index (χ0v) is 17.0. The number of rotatable bonds is 8. The van der Waals surface area contributed by atoms with Crippen LogP contribution in [-0.2, 0) is 35.3 Å². The molecule has 0 aliphatic heterocycles. The SMILES string of the molecule is CN(C(=O)Cc1ccccc1)c1cccc(CCc2cccc(NS(=O)[O-])c2)c1. The Morgan fingerprint density at radius 2 is 1.52 bits per heavy atom. The van der Waals surface area contributed by atoms with E-state index in [1.807, 2.05) is 72.8 Å². The summed E-state index contributed by atoms with van der Waals surface area (Å²) in [6.45, 7) is 0. The van der Waals surface area contributed by atoms with E-state index in [0.717, 1.165) is 35.2 Å². The second kappa shape index (κ2) is 10.0. The Labute approximate surface area is 173 Å². The standard InChI is InChI=1S/C23H24N2O3S/c1-25(23(26)17-18-7-3-2-4-8-18)22-12-6-10-20(16-22)14-13-19-9-5-11-21(15-19)24-29(27)28/h2-12,15-16,24H,13-14,17H2,1H3,(H,27,28)/p-1. The number of hydrogen-bond acceptors (Lipinski definition) is 3. The van der Waals surface area contributed by atoms with Crippen LogP contribution in [0.25, 0.3) is 0 Å². The molecule has 0 spiro atoms. The molecule has 0 bridgehead atoms. The fourth-order valence-corrected chi connectivity index (χ4v) is 3.45. The minimum atomic E-state index is -2.33. The van der Waals surface area contributed by atoms with Gasteiger partial charge in [0.05, 0.1) is 6.42 Å². The third kappa shape index (κ3) is 6.27. The lowest BCUT2D eigenvalue weighted by molar-refractivity contribution is -0.117. The summed E-state index contributed by atoms with van der Waals surface area (Å²) >= 11 is -2.33. The van der Waals surface area contributed by atoms with Gasteiger partial charge in [-0.2, -0.15) is 0 Å². The summed E-state index contributed by atoms with van der Waals surface area (Å²) in [6.07, 6.45) is 1.92. The molecule has 5 nitrogen and oxygen atoms in total. The van der Waals surface area contributed by atoms with Crippen LogP contribution >= 0.6 is 0 Å². The van der Waals surface area contributed by atoms with Crippen LogP contribution in [0.1, 0.15) is 16.7 Å². The van der Waals surface area contributed by atoms with E-state index in [9.17, 15) is 13.6 Å². The monoisotopic (exact) mass is 407 g/mol. The molecule has 0 aliphatic rings. The van der Waals surface area contributed by atoms with Crippen LogP contribution in [0.3, 0.4) is 0 Å². The molecule has 0 aliphatic carbocycles. The lowest BCUT2D eigenvalue weighted by atomic mass is 10.0. The van der Waals surface area contributed by atoms with Crippen LogP contribution < -0.4 is 9.62 Å². The number of aryl methyl sites for hydroxylation is 2. The maximum atomic E-state index is 12.6. The number of amides is 1. The highest BCUT2D eigenvalue weighted by Crippen LogP contribution is 2.19. The molecule has 1 atom stereocenters. The average Bonchev–Trinajstić information content (AvgIpc) is 2.72. The van der Waals surface area contributed by atoms with Gasteiger partial charge in [-0.3, -0.25) is 9.00 Å². The second-order valence-corrected chi connectivity index (χ2v) is 7.50. The average molecular weight is 408 g/mol. The van der Waals surface area contributed by atoms with Gasteiger partial charge in [0.15, 0.2) is 0 Å². The first kappa shape index (κ1) is 20.8. The van der Waals surface area contributed by atoms with Crippen LogP contribution in [0.5, 0.6) is 0 Å². The molecule has 150 valence electrons. The first-order chi connectivity index (χ1) is 14.0. The highest BCUT2D eigenvalue weighted by atomic mass is 32.2. The first-order valence-electron chi connectivity index (χ1n) is 9.35. The molecular weight excluding hydrogens is 384 g/mol. The fraction of sp³-hybridized carbons (Fsp3) is 0.174. The zero-order valence-electron chi connectivity index (χ0n) is 16.2. The van der Waals surface area contributed by atoms with Gasteiger partial charge < -0.3 is 14.2 Å². The predicted octanol–water partition coefficient (Wildman–Crippen LogP) is 3.88. The number of likely N-dealkylation sites (N-methyl/N-ethyl adjacent to an activating group) is 1. The Hall–Kier alpha value is -2.96. The molecule has 3 rings (SSSR count). The third-order valence-electron chi connectivity index (χ3n) is 4.70. The van der Waals surface area contributed by atoms with Crippen LogP contribution in [0.2, 0.25) is 0 Å². The van der Waals surface area contributed by atoms with Crippen molar-refractivity contribution in [3.8, 4) is 0 Å². The molecule has 3 aromatic carbocycles. The molecule has 0 saturated carbocycles. The molecule has 1 unspecified atom stereocenters. The molecule has 1 amide bonds. The van der Waals surface area contributed by atoms with Crippen LogP contribution in [0.4, 0.5) is 11.4 Å². The number of anilines is 2. The van der Waals surface area contributed by atoms with Crippen LogP contribution in [-0.4, -0.2) is 21.7 Å². The van der Waals surface area contributed by atoms with Gasteiger partial charge in [-0.15, -0.1) is 0 Å². The van der Waals surface area contributed by atoms with Crippen molar-refractivity contribution < 1.29 is 13.6 Å². The molecular formula is C23H23N2O3S-. The van der Waals surface area contributed by atoms with Crippen molar-refractivity contribution in [1.82, 2.24) is 0 Å². The summed E-state index contributed by atoms with van der Waals surface area (Å²) in [5, 5.41) is 0. The summed E-state index contributed by atoms with van der Waals surface area (Å²) in [4.78, 5) is 14.3. The molecule has 0 radical (unpaired) electrons. The highest BCUT2D eigenvalue weighted by Gasteiger charge is 2.12. The molecule has 0 fully saturated rings. The summed E-state index contributed by atoms with van der Waals surface area (Å²) in [5.74, 6) is 0.0396. The predicted molar refractivity (Wildman–Crippen MR) is 116 cm³/mol. The maximum absolute atomic E-state index is 12.6. The Morgan fingerprint density at radius 1 is 0.897 bits per heavy atom. The van der Waals surface area contributed by atoms with Gasteiger partial charge in [0, 0.05) is 29.7 Å². The number of nitrogens with zero attached hydrogens (tertiary/aromatic N) is 1. The van der Waals surface area contributed by atoms with Gasteiger partial charge in [-0.1, -0.05) is 54.6 Å². The van der Waals surface area contributed by atoms with Gasteiger partial charge in [0.1, 0.15) is 0 Å². The highest BCUT2D eigenvalue weighted by molar-refractivity contribution is 7.80. The van der Waals surface area contributed by atoms with E-state index >= 15 is 0 Å². The van der Waals surface area contributed by atoms with Crippen LogP contribution in [0.15, 0.2) is 78.9 Å². The van der Waals surface area contributed by atoms with E-state index in [1.54, 1.807) is 18.0 Å². The van der Waals surface area contributed by atoms with Crippen molar-refractivity contribution in [2.24, 2.45) is 0 Å². The molecule has 0 heterocycles. The second-order valence-electron chi connectivity index (χ2n) is 6.82. The van der Waals surface area contributed by atoms with E-state index in [-0.39, 0.29) is 5.91 Å². The van der Waals surface area contributed by atoms with Crippen LogP contribution in [0, 0.1) is 0 Å². The number of nitrogens with one attached hydrogen (secondary N) is 1. The minimum absolute atomic E-state index is 0.0396. The van der Waals surface area contributed by atoms with E-state index in [4.69, 9.17) is 0 Å². The molecule has 0 saturated heterocycles. The van der Waals surface area contributed by atoms with Crippen molar-refractivity contribution in [2.75, 3.05) is 16.7 Å². The summed E-state index contributed by atoms with van der Waals surface area (Å²) in [5.41, 5.74) is 4.57. The van der Waals surface area contributed by atoms with Crippen molar-refractivity contribution in [1.29, 1.82) is 0 Å². The molecule has 6 heteroatoms. The molecule has 29 heavy (non-hydrogen) atoms. The summed E-state index contributed by atoms with van der Waals surface area (Å²) in [6, 6.07) is 25.0. The largest absolute Gasteiger partial charge is 0.755 e. The minimum Gasteiger partial charge on any atom is -0.755 e. The Kier molecular flexibility index (Phi) is 7.16. The van der Waals surface area contributed by atoms with Gasteiger partial charge in [-0.25, -0.2) is 0 Å². The van der Waals surface area contributed by atoms with Crippen molar-refractivity contribution >= 4 is 28.5 Å². The molecule has 0 aromatic heterocycles. The number of hydrogen-bond donors (Lipinski definition) is 1. The molecule has 1 N–H and O–H groups in total. The van der Waals surface area contributed by atoms with E-state index in [0.29, 0.717) is 12.1 Å². The van der Waals surface area contributed by atoms with Crippen molar-refractivity contribution in [3.05, 3.63) is 95.6 Å². The number of benzene rings is 3. The third-order valence-corrected chi connectivity index (χ3v) is 5.10. The van der Waals surface area contributed by atoms with E-state index in [1.165, 1.54) is 0 Å². The van der Waals surface area contributed by atoms with Crippen molar-refractivity contribution in [3.63, 3.8) is 0 Å². The Bertz CT molecular complexity index is 992. The normalized spacial score (nSPS) is 11.7. The lowest BCUT2D eigenvalue weighted by Crippen LogP contribution is -2.27. The van der Waals surface area contributed by atoms with E-state index < -0.39 is 11.3 Å². The number of carbonyl (C=O) groups excluding carboxylic acids is 1. The van der Waals surface area contributed by atoms with Gasteiger partial charge >= 0.3 is 0 Å². The number of carbonyl (C=O) groups is 1. The zero-order chi connectivity index (χ0) is 20.6. The Balaban J connectivity index is 1.63. The van der Waals surface area contributed by atoms with E-state index in [2.05, 4.69) is 4.72 Å². The fourth-order valence-electron chi connectivity index (χ4n) is 3.13. The van der Waals surface area contributed by atoms with Gasteiger partial charge in [0.25, 0.3) is 0 Å². The smallest absolute Gasteiger partial charge is 0.231 e.